The van der Waals surface area contributed by atoms with Gasteiger partial charge in [0.25, 0.3) is 5.91 Å². The Bertz CT molecular complexity index is 708. The van der Waals surface area contributed by atoms with Gasteiger partial charge in [0.2, 0.25) is 0 Å². The van der Waals surface area contributed by atoms with E-state index in [9.17, 15) is 4.79 Å². The van der Waals surface area contributed by atoms with E-state index < -0.39 is 6.10 Å². The lowest BCUT2D eigenvalue weighted by Crippen LogP contribution is -2.45. The minimum Gasteiger partial charge on any atom is -0.496 e. The van der Waals surface area contributed by atoms with E-state index >= 15 is 0 Å². The first kappa shape index (κ1) is 18.3. The van der Waals surface area contributed by atoms with Gasteiger partial charge in [0.15, 0.2) is 6.10 Å². The highest BCUT2D eigenvalue weighted by Gasteiger charge is 2.30. The number of para-hydroxylation sites is 2. The minimum absolute atomic E-state index is 0.0924. The smallest absolute Gasteiger partial charge is 0.263 e. The molecule has 1 aliphatic heterocycles. The molecule has 4 heteroatoms. The number of hydrogen-bond donors (Lipinski definition) is 0. The zero-order valence-corrected chi connectivity index (χ0v) is 15.6. The lowest BCUT2D eigenvalue weighted by Gasteiger charge is -2.34. The van der Waals surface area contributed by atoms with E-state index in [2.05, 4.69) is 12.1 Å². The number of likely N-dealkylation sites (tertiary alicyclic amines) is 1. The Morgan fingerprint density at radius 3 is 2.38 bits per heavy atom. The van der Waals surface area contributed by atoms with Crippen molar-refractivity contribution in [3.63, 3.8) is 0 Å². The molecule has 1 aliphatic rings. The predicted molar refractivity (Wildman–Crippen MR) is 103 cm³/mol. The molecule has 138 valence electrons. The molecule has 3 rings (SSSR count). The number of carbonyl (C=O) groups is 1. The summed E-state index contributed by atoms with van der Waals surface area (Å²) in [4.78, 5) is 14.8. The second-order valence-electron chi connectivity index (χ2n) is 6.67. The number of ether oxygens (including phenoxy) is 2. The molecule has 0 aliphatic carbocycles. The van der Waals surface area contributed by atoms with Gasteiger partial charge in [-0.3, -0.25) is 4.79 Å². The largest absolute Gasteiger partial charge is 0.496 e. The molecular weight excluding hydrogens is 326 g/mol. The van der Waals surface area contributed by atoms with Crippen LogP contribution in [0, 0.1) is 0 Å². The summed E-state index contributed by atoms with van der Waals surface area (Å²) in [5.74, 6) is 2.22. The van der Waals surface area contributed by atoms with Gasteiger partial charge in [0.05, 0.1) is 7.11 Å². The molecule has 2 aromatic rings. The highest BCUT2D eigenvalue weighted by molar-refractivity contribution is 5.81. The maximum Gasteiger partial charge on any atom is 0.263 e. The summed E-state index contributed by atoms with van der Waals surface area (Å²) in [5.41, 5.74) is 1.25. The first-order valence-corrected chi connectivity index (χ1v) is 9.36. The van der Waals surface area contributed by atoms with Gasteiger partial charge in [-0.1, -0.05) is 43.3 Å². The first-order chi connectivity index (χ1) is 12.7. The summed E-state index contributed by atoms with van der Waals surface area (Å²) >= 11 is 0. The number of carbonyl (C=O) groups excluding carboxylic acids is 1. The molecule has 1 saturated heterocycles. The topological polar surface area (TPSA) is 38.8 Å². The summed E-state index contributed by atoms with van der Waals surface area (Å²) in [7, 11) is 1.71. The summed E-state index contributed by atoms with van der Waals surface area (Å²) in [6, 6.07) is 17.8. The predicted octanol–water partition coefficient (Wildman–Crippen LogP) is 4.26. The third kappa shape index (κ3) is 4.18. The van der Waals surface area contributed by atoms with Crippen molar-refractivity contribution in [3.8, 4) is 11.5 Å². The van der Waals surface area contributed by atoms with Crippen molar-refractivity contribution < 1.29 is 14.3 Å². The summed E-state index contributed by atoms with van der Waals surface area (Å²) in [6.45, 7) is 3.51. The molecule has 4 nitrogen and oxygen atoms in total. The van der Waals surface area contributed by atoms with Gasteiger partial charge in [-0.05, 0) is 48.9 Å². The van der Waals surface area contributed by atoms with Crippen molar-refractivity contribution in [1.82, 2.24) is 4.90 Å². The quantitative estimate of drug-likeness (QED) is 0.779. The van der Waals surface area contributed by atoms with Crippen LogP contribution in [-0.4, -0.2) is 37.1 Å². The van der Waals surface area contributed by atoms with Crippen molar-refractivity contribution in [2.75, 3.05) is 20.2 Å². The van der Waals surface area contributed by atoms with Crippen molar-refractivity contribution in [1.29, 1.82) is 0 Å². The van der Waals surface area contributed by atoms with E-state index in [1.165, 1.54) is 5.56 Å². The summed E-state index contributed by atoms with van der Waals surface area (Å²) in [5, 5.41) is 0. The van der Waals surface area contributed by atoms with Crippen LogP contribution < -0.4 is 9.47 Å². The van der Waals surface area contributed by atoms with Crippen LogP contribution in [-0.2, 0) is 4.79 Å². The van der Waals surface area contributed by atoms with Gasteiger partial charge >= 0.3 is 0 Å². The Hall–Kier alpha value is -2.49. The van der Waals surface area contributed by atoms with Gasteiger partial charge in [-0.15, -0.1) is 0 Å². The van der Waals surface area contributed by atoms with Crippen LogP contribution in [0.1, 0.15) is 37.7 Å². The normalized spacial score (nSPS) is 16.2. The maximum atomic E-state index is 12.9. The summed E-state index contributed by atoms with van der Waals surface area (Å²) < 4.78 is 11.4. The van der Waals surface area contributed by atoms with E-state index in [4.69, 9.17) is 9.47 Å². The Labute approximate surface area is 155 Å². The van der Waals surface area contributed by atoms with E-state index in [1.54, 1.807) is 7.11 Å². The number of hydrogen-bond acceptors (Lipinski definition) is 3. The molecule has 0 radical (unpaired) electrons. The van der Waals surface area contributed by atoms with Crippen LogP contribution in [0.25, 0.3) is 0 Å². The SMILES string of the molecule is CCC(Oc1ccccc1)C(=O)N1CCC(c2ccccc2OC)CC1. The highest BCUT2D eigenvalue weighted by Crippen LogP contribution is 2.34. The molecule has 1 unspecified atom stereocenters. The fraction of sp³-hybridized carbons (Fsp3) is 0.409. The second kappa shape index (κ2) is 8.75. The van der Waals surface area contributed by atoms with Crippen LogP contribution in [0.2, 0.25) is 0 Å². The number of amides is 1. The van der Waals surface area contributed by atoms with E-state index in [-0.39, 0.29) is 5.91 Å². The maximum absolute atomic E-state index is 12.9. The Balaban J connectivity index is 1.60. The molecule has 0 spiro atoms. The minimum atomic E-state index is -0.416. The van der Waals surface area contributed by atoms with Gasteiger partial charge in [0.1, 0.15) is 11.5 Å². The van der Waals surface area contributed by atoms with Gasteiger partial charge in [-0.25, -0.2) is 0 Å². The van der Waals surface area contributed by atoms with Crippen LogP contribution in [0.4, 0.5) is 0 Å². The van der Waals surface area contributed by atoms with Crippen molar-refractivity contribution in [2.24, 2.45) is 0 Å². The number of piperidine rings is 1. The molecular formula is C22H27NO3. The van der Waals surface area contributed by atoms with Crippen molar-refractivity contribution >= 4 is 5.91 Å². The Morgan fingerprint density at radius 2 is 1.73 bits per heavy atom. The molecule has 0 aromatic heterocycles. The zero-order valence-electron chi connectivity index (χ0n) is 15.6. The van der Waals surface area contributed by atoms with Crippen LogP contribution in [0.5, 0.6) is 11.5 Å². The van der Waals surface area contributed by atoms with E-state index in [0.717, 1.165) is 37.4 Å². The average Bonchev–Trinajstić information content (AvgIpc) is 2.72. The van der Waals surface area contributed by atoms with Gasteiger partial charge < -0.3 is 14.4 Å². The van der Waals surface area contributed by atoms with Crippen LogP contribution >= 0.6 is 0 Å². The highest BCUT2D eigenvalue weighted by atomic mass is 16.5. The van der Waals surface area contributed by atoms with E-state index in [0.29, 0.717) is 12.3 Å². The molecule has 1 atom stereocenters. The third-order valence-electron chi connectivity index (χ3n) is 5.05. The lowest BCUT2D eigenvalue weighted by molar-refractivity contribution is -0.140. The number of benzene rings is 2. The van der Waals surface area contributed by atoms with Crippen molar-refractivity contribution in [3.05, 3.63) is 60.2 Å². The van der Waals surface area contributed by atoms with Crippen LogP contribution in [0.15, 0.2) is 54.6 Å². The molecule has 0 bridgehead atoms. The molecule has 0 saturated carbocycles. The molecule has 1 heterocycles. The van der Waals surface area contributed by atoms with Crippen molar-refractivity contribution in [2.45, 2.75) is 38.2 Å². The van der Waals surface area contributed by atoms with Crippen LogP contribution in [0.3, 0.4) is 0 Å². The first-order valence-electron chi connectivity index (χ1n) is 9.36. The number of methoxy groups -OCH3 is 1. The molecule has 2 aromatic carbocycles. The standard InChI is InChI=1S/C22H27NO3/c1-3-20(26-18-9-5-4-6-10-18)22(24)23-15-13-17(14-16-23)19-11-7-8-12-21(19)25-2/h4-12,17,20H,3,13-16H2,1-2H3. The number of nitrogens with zero attached hydrogens (tertiary/aromatic N) is 1. The Morgan fingerprint density at radius 1 is 1.08 bits per heavy atom. The zero-order chi connectivity index (χ0) is 18.4. The second-order valence-corrected chi connectivity index (χ2v) is 6.67. The Kier molecular flexibility index (Phi) is 6.16. The summed E-state index contributed by atoms with van der Waals surface area (Å²) in [6.07, 6.45) is 2.15. The molecule has 0 N–H and O–H groups in total. The van der Waals surface area contributed by atoms with Gasteiger partial charge in [-0.2, -0.15) is 0 Å². The average molecular weight is 353 g/mol. The molecule has 26 heavy (non-hydrogen) atoms. The van der Waals surface area contributed by atoms with Gasteiger partial charge in [0, 0.05) is 13.1 Å². The van der Waals surface area contributed by atoms with E-state index in [1.807, 2.05) is 54.3 Å². The molecule has 1 amide bonds. The molecule has 1 fully saturated rings. The lowest BCUT2D eigenvalue weighted by atomic mass is 9.88. The fourth-order valence-electron chi connectivity index (χ4n) is 3.59. The monoisotopic (exact) mass is 353 g/mol. The number of rotatable bonds is 6. The fourth-order valence-corrected chi connectivity index (χ4v) is 3.59. The third-order valence-corrected chi connectivity index (χ3v) is 5.05.